The van der Waals surface area contributed by atoms with E-state index < -0.39 is 131 Å². The molecule has 0 aromatic rings. The van der Waals surface area contributed by atoms with Crippen molar-refractivity contribution in [3.63, 3.8) is 0 Å². The zero-order valence-corrected chi connectivity index (χ0v) is 30.1. The van der Waals surface area contributed by atoms with E-state index in [-0.39, 0.29) is 29.2 Å². The topological polar surface area (TPSA) is 370 Å². The molecule has 6 amide bonds. The van der Waals surface area contributed by atoms with E-state index in [0.29, 0.717) is 23.5 Å². The van der Waals surface area contributed by atoms with E-state index >= 15 is 0 Å². The summed E-state index contributed by atoms with van der Waals surface area (Å²) < 4.78 is 10.3. The first-order valence-electron chi connectivity index (χ1n) is 15.3. The fourth-order valence-corrected chi connectivity index (χ4v) is 6.93. The Kier molecular flexibility index (Phi) is 18.1. The molecule has 1 fully saturated rings. The Morgan fingerprint density at radius 1 is 0.811 bits per heavy atom. The highest BCUT2D eigenvalue weighted by atomic mass is 32.2. The van der Waals surface area contributed by atoms with Crippen LogP contribution >= 0.6 is 23.5 Å². The lowest BCUT2D eigenvalue weighted by atomic mass is 10.0. The van der Waals surface area contributed by atoms with E-state index in [1.54, 1.807) is 0 Å². The predicted molar refractivity (Wildman–Crippen MR) is 179 cm³/mol. The van der Waals surface area contributed by atoms with Crippen molar-refractivity contribution in [1.82, 2.24) is 20.4 Å². The molecule has 1 aliphatic heterocycles. The largest absolute Gasteiger partial charge is 0.480 e. The lowest BCUT2D eigenvalue weighted by Crippen LogP contribution is -2.54. The first-order chi connectivity index (χ1) is 24.6. The summed E-state index contributed by atoms with van der Waals surface area (Å²) in [6.07, 6.45) is -5.19. The number of cyclic esters (lactones) is 1. The van der Waals surface area contributed by atoms with E-state index in [9.17, 15) is 63.0 Å². The van der Waals surface area contributed by atoms with E-state index in [0.717, 1.165) is 14.1 Å². The number of rotatable bonds is 21. The molecule has 296 valence electrons. The van der Waals surface area contributed by atoms with Crippen LogP contribution < -0.4 is 22.1 Å². The summed E-state index contributed by atoms with van der Waals surface area (Å²) >= 11 is 1.04. The van der Waals surface area contributed by atoms with Crippen LogP contribution in [0.25, 0.3) is 0 Å². The number of carbonyl (C=O) groups is 11. The molecule has 1 aliphatic rings. The van der Waals surface area contributed by atoms with E-state index in [1.165, 1.54) is 6.92 Å². The highest BCUT2D eigenvalue weighted by Crippen LogP contribution is 2.38. The quantitative estimate of drug-likeness (QED) is 0.0420. The Balaban J connectivity index is 3.40. The fraction of sp³-hybridized carbons (Fsp3) is 0.607. The number of carbonyl (C=O) groups excluding carboxylic acids is 7. The molecule has 6 atom stereocenters. The monoisotopic (exact) mass is 796 g/mol. The standard InChI is InChI=1S/C28H40N6O17S2/c1-4-50-25(45)28(11-52-9-14(20(38)33(2)26(46)47)31-16(35)7-5-12(29)22(40)41)19(18(37)24(44)51-28)53-10-15(21(39)34(3)27(48)49)32-17(36)8-6-13(30)23(42)43/h12-15,19H,4-11,29-30H2,1-3H3,(H,31,35)(H,32,36)(H,40,41)(H,42,43)(H,46,47)(H,48,49)/t12?,13?,14?,15?,19?,28-/m1/s1. The first kappa shape index (κ1) is 46.0. The van der Waals surface area contributed by atoms with Crippen LogP contribution in [0, 0.1) is 0 Å². The molecule has 5 unspecified atom stereocenters. The fourth-order valence-electron chi connectivity index (χ4n) is 4.24. The number of Topliss-reactive ketones (excluding diaryl/α,β-unsaturated/α-hetero) is 1. The van der Waals surface area contributed by atoms with E-state index in [4.69, 9.17) is 31.2 Å². The van der Waals surface area contributed by atoms with Gasteiger partial charge in [0.25, 0.3) is 17.6 Å². The van der Waals surface area contributed by atoms with Gasteiger partial charge in [0.2, 0.25) is 17.4 Å². The highest BCUT2D eigenvalue weighted by Gasteiger charge is 2.62. The number of nitrogens with two attached hydrogens (primary N) is 2. The molecule has 0 spiro atoms. The van der Waals surface area contributed by atoms with Crippen molar-refractivity contribution in [2.45, 2.75) is 67.6 Å². The number of hydrogen-bond acceptors (Lipinski definition) is 17. The van der Waals surface area contributed by atoms with Gasteiger partial charge >= 0.3 is 36.1 Å². The minimum Gasteiger partial charge on any atom is -0.480 e. The third-order valence-corrected chi connectivity index (χ3v) is 9.95. The molecule has 0 bridgehead atoms. The third-order valence-electron chi connectivity index (χ3n) is 7.29. The number of thioether (sulfide) groups is 2. The number of amides is 6. The number of hydrogen-bond donors (Lipinski definition) is 8. The molecule has 53 heavy (non-hydrogen) atoms. The van der Waals surface area contributed by atoms with Crippen LogP contribution in [0.3, 0.4) is 0 Å². The number of carboxylic acid groups (broad SMARTS) is 4. The zero-order valence-electron chi connectivity index (χ0n) is 28.5. The smallest absolute Gasteiger partial charge is 0.413 e. The minimum atomic E-state index is -2.48. The highest BCUT2D eigenvalue weighted by molar-refractivity contribution is 8.01. The second kappa shape index (κ2) is 20.9. The second-order valence-electron chi connectivity index (χ2n) is 11.2. The van der Waals surface area contributed by atoms with Crippen LogP contribution in [0.15, 0.2) is 0 Å². The van der Waals surface area contributed by atoms with E-state index in [2.05, 4.69) is 10.6 Å². The second-order valence-corrected chi connectivity index (χ2v) is 13.3. The number of likely N-dealkylation sites (N-methyl/N-ethyl adjacent to an activating group) is 2. The number of esters is 2. The molecule has 10 N–H and O–H groups in total. The van der Waals surface area contributed by atoms with Gasteiger partial charge in [0.15, 0.2) is 0 Å². The van der Waals surface area contributed by atoms with Gasteiger partial charge in [-0.25, -0.2) is 29.0 Å². The van der Waals surface area contributed by atoms with Crippen LogP contribution in [0.2, 0.25) is 0 Å². The van der Waals surface area contributed by atoms with Crippen LogP contribution in [-0.4, -0.2) is 169 Å². The number of ether oxygens (including phenoxy) is 2. The summed E-state index contributed by atoms with van der Waals surface area (Å²) in [6.45, 7) is 1.08. The minimum absolute atomic E-state index is 0.204. The average molecular weight is 797 g/mol. The van der Waals surface area contributed by atoms with Gasteiger partial charge in [0, 0.05) is 44.2 Å². The normalized spacial score (nSPS) is 18.7. The maximum Gasteiger partial charge on any atom is 0.413 e. The number of nitrogens with zero attached hydrogens (tertiary/aromatic N) is 2. The van der Waals surface area contributed by atoms with Gasteiger partial charge < -0.3 is 52.0 Å². The Morgan fingerprint density at radius 3 is 1.64 bits per heavy atom. The van der Waals surface area contributed by atoms with Crippen molar-refractivity contribution in [1.29, 1.82) is 0 Å². The van der Waals surface area contributed by atoms with Gasteiger partial charge in [0.1, 0.15) is 29.4 Å². The zero-order chi connectivity index (χ0) is 40.8. The van der Waals surface area contributed by atoms with Gasteiger partial charge in [-0.1, -0.05) is 0 Å². The van der Waals surface area contributed by atoms with Gasteiger partial charge in [-0.2, -0.15) is 11.8 Å². The number of imide groups is 2. The van der Waals surface area contributed by atoms with Crippen molar-refractivity contribution < 1.29 is 82.6 Å². The molecule has 0 aromatic heterocycles. The molecule has 25 heteroatoms. The SMILES string of the molecule is CCOC(=O)[C@]1(CSCC(NC(=O)CCC(N)C(=O)O)C(=O)N(C)C(=O)O)OC(=O)C(=O)C1SCC(NC(=O)CCC(N)C(=O)O)C(=O)N(C)C(=O)O. The molecule has 0 radical (unpaired) electrons. The Bertz CT molecular complexity index is 1480. The molecule has 23 nitrogen and oxygen atoms in total. The molecule has 1 heterocycles. The van der Waals surface area contributed by atoms with Crippen LogP contribution in [0.1, 0.15) is 32.6 Å². The molecular formula is C28H40N6O17S2. The Morgan fingerprint density at radius 2 is 1.25 bits per heavy atom. The number of aliphatic carboxylic acids is 2. The van der Waals surface area contributed by atoms with Crippen molar-refractivity contribution in [3.8, 4) is 0 Å². The molecule has 0 aliphatic carbocycles. The number of ketones is 1. The predicted octanol–water partition coefficient (Wildman–Crippen LogP) is -3.12. The van der Waals surface area contributed by atoms with Crippen molar-refractivity contribution in [2.24, 2.45) is 11.5 Å². The molecule has 1 rings (SSSR count). The molecule has 0 saturated carbocycles. The van der Waals surface area contributed by atoms with Gasteiger partial charge in [-0.3, -0.25) is 33.6 Å². The summed E-state index contributed by atoms with van der Waals surface area (Å²) in [6, 6.07) is -6.24. The van der Waals surface area contributed by atoms with Crippen LogP contribution in [-0.2, 0) is 52.6 Å². The summed E-state index contributed by atoms with van der Waals surface area (Å²) in [7, 11) is 1.72. The summed E-state index contributed by atoms with van der Waals surface area (Å²) in [4.78, 5) is 136. The van der Waals surface area contributed by atoms with Gasteiger partial charge in [-0.15, -0.1) is 11.8 Å². The summed E-state index contributed by atoms with van der Waals surface area (Å²) in [5, 5.41) is 39.2. The van der Waals surface area contributed by atoms with Crippen molar-refractivity contribution in [3.05, 3.63) is 0 Å². The van der Waals surface area contributed by atoms with E-state index in [1.807, 2.05) is 0 Å². The van der Waals surface area contributed by atoms with Crippen LogP contribution in [0.5, 0.6) is 0 Å². The first-order valence-corrected chi connectivity index (χ1v) is 17.5. The van der Waals surface area contributed by atoms with Gasteiger partial charge in [-0.05, 0) is 19.8 Å². The lowest BCUT2D eigenvalue weighted by Gasteiger charge is -2.31. The van der Waals surface area contributed by atoms with Crippen LogP contribution in [0.4, 0.5) is 9.59 Å². The molecule has 1 saturated heterocycles. The van der Waals surface area contributed by atoms with Gasteiger partial charge in [0.05, 0.1) is 6.61 Å². The maximum absolute atomic E-state index is 13.4. The number of carboxylic acids is 2. The molecular weight excluding hydrogens is 756 g/mol. The maximum atomic E-state index is 13.4. The Labute approximate surface area is 308 Å². The Hall–Kier alpha value is -5.01. The molecule has 0 aromatic carbocycles. The lowest BCUT2D eigenvalue weighted by molar-refractivity contribution is -0.171. The average Bonchev–Trinajstić information content (AvgIpc) is 3.34. The van der Waals surface area contributed by atoms with Crippen molar-refractivity contribution in [2.75, 3.05) is 38.0 Å². The summed E-state index contributed by atoms with van der Waals surface area (Å²) in [5.74, 6) is -13.0. The van der Waals surface area contributed by atoms with Crippen molar-refractivity contribution >= 4 is 89.0 Å². The third kappa shape index (κ3) is 13.2. The summed E-state index contributed by atoms with van der Waals surface area (Å²) in [5.41, 5.74) is 8.32. The number of nitrogens with one attached hydrogen (secondary N) is 2.